The number of pyridine rings is 1. The smallest absolute Gasteiger partial charge is 0.119 e. The Morgan fingerprint density at radius 1 is 1.18 bits per heavy atom. The average molecular weight is 228 g/mol. The maximum absolute atomic E-state index is 5.58. The van der Waals surface area contributed by atoms with Crippen molar-refractivity contribution in [3.8, 4) is 5.75 Å². The van der Waals surface area contributed by atoms with E-state index < -0.39 is 0 Å². The molecule has 2 aromatic rings. The van der Waals surface area contributed by atoms with Crippen molar-refractivity contribution in [2.24, 2.45) is 0 Å². The molecular weight excluding hydrogens is 212 g/mol. The second-order valence-electron chi connectivity index (χ2n) is 3.77. The number of ether oxygens (including phenoxy) is 1. The quantitative estimate of drug-likeness (QED) is 0.799. The van der Waals surface area contributed by atoms with Crippen molar-refractivity contribution < 1.29 is 4.74 Å². The highest BCUT2D eigenvalue weighted by atomic mass is 16.5. The van der Waals surface area contributed by atoms with E-state index in [0.717, 1.165) is 23.7 Å². The first-order valence-electron chi connectivity index (χ1n) is 5.69. The van der Waals surface area contributed by atoms with Crippen molar-refractivity contribution in [2.75, 3.05) is 18.5 Å². The molecule has 0 saturated carbocycles. The van der Waals surface area contributed by atoms with Gasteiger partial charge in [-0.2, -0.15) is 0 Å². The molecule has 0 fully saturated rings. The van der Waals surface area contributed by atoms with Crippen molar-refractivity contribution >= 4 is 5.69 Å². The number of hydrogen-bond acceptors (Lipinski definition) is 3. The summed E-state index contributed by atoms with van der Waals surface area (Å²) in [7, 11) is 0. The summed E-state index contributed by atoms with van der Waals surface area (Å²) >= 11 is 0. The largest absolute Gasteiger partial charge is 0.492 e. The fourth-order valence-electron chi connectivity index (χ4n) is 1.54. The summed E-state index contributed by atoms with van der Waals surface area (Å²) in [6, 6.07) is 13.8. The van der Waals surface area contributed by atoms with Gasteiger partial charge in [-0.25, -0.2) is 0 Å². The number of aryl methyl sites for hydroxylation is 1. The van der Waals surface area contributed by atoms with E-state index in [1.807, 2.05) is 49.4 Å². The molecule has 0 atom stereocenters. The molecule has 0 radical (unpaired) electrons. The molecule has 3 heteroatoms. The van der Waals surface area contributed by atoms with Gasteiger partial charge in [0.1, 0.15) is 12.4 Å². The van der Waals surface area contributed by atoms with Gasteiger partial charge >= 0.3 is 0 Å². The molecule has 2 rings (SSSR count). The van der Waals surface area contributed by atoms with Crippen molar-refractivity contribution in [2.45, 2.75) is 6.92 Å². The van der Waals surface area contributed by atoms with Crippen LogP contribution in [0.2, 0.25) is 0 Å². The predicted molar refractivity (Wildman–Crippen MR) is 69.4 cm³/mol. The summed E-state index contributed by atoms with van der Waals surface area (Å²) in [5.41, 5.74) is 2.09. The van der Waals surface area contributed by atoms with Gasteiger partial charge in [0.15, 0.2) is 0 Å². The molecule has 0 aliphatic carbocycles. The van der Waals surface area contributed by atoms with Gasteiger partial charge in [0, 0.05) is 24.1 Å². The molecule has 0 aliphatic rings. The van der Waals surface area contributed by atoms with E-state index in [1.165, 1.54) is 0 Å². The van der Waals surface area contributed by atoms with E-state index >= 15 is 0 Å². The van der Waals surface area contributed by atoms with Gasteiger partial charge in [0.2, 0.25) is 0 Å². The minimum atomic E-state index is 0.644. The van der Waals surface area contributed by atoms with Crippen LogP contribution in [0.5, 0.6) is 5.75 Å². The van der Waals surface area contributed by atoms with Gasteiger partial charge in [-0.3, -0.25) is 4.98 Å². The standard InChI is InChI=1S/C14H16N2O/c1-12-11-13(7-8-15-12)16-9-10-17-14-5-3-2-4-6-14/h2-8,11H,9-10H2,1H3,(H,15,16). The van der Waals surface area contributed by atoms with E-state index in [0.29, 0.717) is 6.61 Å². The van der Waals surface area contributed by atoms with Gasteiger partial charge < -0.3 is 10.1 Å². The van der Waals surface area contributed by atoms with Crippen LogP contribution >= 0.6 is 0 Å². The number of hydrogen-bond donors (Lipinski definition) is 1. The zero-order valence-electron chi connectivity index (χ0n) is 9.89. The summed E-state index contributed by atoms with van der Waals surface area (Å²) in [6.45, 7) is 3.40. The van der Waals surface area contributed by atoms with Crippen LogP contribution < -0.4 is 10.1 Å². The molecular formula is C14H16N2O. The van der Waals surface area contributed by atoms with Crippen molar-refractivity contribution in [1.82, 2.24) is 4.98 Å². The third kappa shape index (κ3) is 3.79. The second-order valence-corrected chi connectivity index (χ2v) is 3.77. The maximum Gasteiger partial charge on any atom is 0.119 e. The van der Waals surface area contributed by atoms with Crippen LogP contribution in [-0.2, 0) is 0 Å². The van der Waals surface area contributed by atoms with Gasteiger partial charge in [-0.1, -0.05) is 18.2 Å². The summed E-state index contributed by atoms with van der Waals surface area (Å²) in [5.74, 6) is 0.903. The number of benzene rings is 1. The minimum Gasteiger partial charge on any atom is -0.492 e. The van der Waals surface area contributed by atoms with Crippen LogP contribution in [-0.4, -0.2) is 18.1 Å². The molecule has 17 heavy (non-hydrogen) atoms. The molecule has 0 amide bonds. The average Bonchev–Trinajstić information content (AvgIpc) is 2.36. The Hall–Kier alpha value is -2.03. The van der Waals surface area contributed by atoms with E-state index in [1.54, 1.807) is 6.20 Å². The first-order valence-corrected chi connectivity index (χ1v) is 5.69. The number of anilines is 1. The Kier molecular flexibility index (Phi) is 3.97. The normalized spacial score (nSPS) is 9.94. The lowest BCUT2D eigenvalue weighted by molar-refractivity contribution is 0.333. The van der Waals surface area contributed by atoms with Gasteiger partial charge in [0.05, 0.1) is 0 Å². The molecule has 88 valence electrons. The zero-order chi connectivity index (χ0) is 11.9. The number of nitrogens with zero attached hydrogens (tertiary/aromatic N) is 1. The molecule has 0 saturated heterocycles. The Labute approximate surface area is 101 Å². The lowest BCUT2D eigenvalue weighted by Gasteiger charge is -2.08. The minimum absolute atomic E-state index is 0.644. The predicted octanol–water partition coefficient (Wildman–Crippen LogP) is 2.88. The molecule has 1 aromatic heterocycles. The van der Waals surface area contributed by atoms with Crippen LogP contribution in [0.15, 0.2) is 48.7 Å². The Balaban J connectivity index is 1.73. The highest BCUT2D eigenvalue weighted by Crippen LogP contribution is 2.09. The number of nitrogens with one attached hydrogen (secondary N) is 1. The topological polar surface area (TPSA) is 34.1 Å². The third-order valence-electron chi connectivity index (χ3n) is 2.34. The lowest BCUT2D eigenvalue weighted by atomic mass is 10.3. The summed E-state index contributed by atoms with van der Waals surface area (Å²) in [5, 5.41) is 3.29. The summed E-state index contributed by atoms with van der Waals surface area (Å²) in [4.78, 5) is 4.14. The lowest BCUT2D eigenvalue weighted by Crippen LogP contribution is -2.11. The van der Waals surface area contributed by atoms with Gasteiger partial charge in [0.25, 0.3) is 0 Å². The number of aromatic nitrogens is 1. The van der Waals surface area contributed by atoms with Crippen LogP contribution in [0.25, 0.3) is 0 Å². The molecule has 1 heterocycles. The maximum atomic E-state index is 5.58. The SMILES string of the molecule is Cc1cc(NCCOc2ccccc2)ccn1. The van der Waals surface area contributed by atoms with Gasteiger partial charge in [-0.05, 0) is 31.2 Å². The van der Waals surface area contributed by atoms with E-state index in [9.17, 15) is 0 Å². The van der Waals surface area contributed by atoms with Crippen molar-refractivity contribution in [1.29, 1.82) is 0 Å². The molecule has 0 unspecified atom stereocenters. The fraction of sp³-hybridized carbons (Fsp3) is 0.214. The highest BCUT2D eigenvalue weighted by Gasteiger charge is 1.94. The van der Waals surface area contributed by atoms with Gasteiger partial charge in [-0.15, -0.1) is 0 Å². The monoisotopic (exact) mass is 228 g/mol. The highest BCUT2D eigenvalue weighted by molar-refractivity contribution is 5.42. The number of rotatable bonds is 5. The Morgan fingerprint density at radius 3 is 2.76 bits per heavy atom. The number of para-hydroxylation sites is 1. The molecule has 1 N–H and O–H groups in total. The first kappa shape index (κ1) is 11.5. The van der Waals surface area contributed by atoms with E-state index in [4.69, 9.17) is 4.74 Å². The molecule has 0 spiro atoms. The summed E-state index contributed by atoms with van der Waals surface area (Å²) < 4.78 is 5.58. The van der Waals surface area contributed by atoms with Crippen LogP contribution in [0.4, 0.5) is 5.69 Å². The van der Waals surface area contributed by atoms with E-state index in [2.05, 4.69) is 10.3 Å². The molecule has 1 aromatic carbocycles. The summed E-state index contributed by atoms with van der Waals surface area (Å²) in [6.07, 6.45) is 1.80. The second kappa shape index (κ2) is 5.89. The van der Waals surface area contributed by atoms with Crippen molar-refractivity contribution in [3.05, 3.63) is 54.4 Å². The first-order chi connectivity index (χ1) is 8.34. The molecule has 0 bridgehead atoms. The zero-order valence-corrected chi connectivity index (χ0v) is 9.89. The van der Waals surface area contributed by atoms with E-state index in [-0.39, 0.29) is 0 Å². The fourth-order valence-corrected chi connectivity index (χ4v) is 1.54. The van der Waals surface area contributed by atoms with Crippen molar-refractivity contribution in [3.63, 3.8) is 0 Å². The molecule has 0 aliphatic heterocycles. The van der Waals surface area contributed by atoms with Crippen LogP contribution in [0, 0.1) is 6.92 Å². The van der Waals surface area contributed by atoms with Crippen LogP contribution in [0.3, 0.4) is 0 Å². The third-order valence-corrected chi connectivity index (χ3v) is 2.34. The Bertz CT molecular complexity index is 457. The Morgan fingerprint density at radius 2 is 2.00 bits per heavy atom. The molecule has 3 nitrogen and oxygen atoms in total. The van der Waals surface area contributed by atoms with Crippen LogP contribution in [0.1, 0.15) is 5.69 Å².